The van der Waals surface area contributed by atoms with Crippen molar-refractivity contribution in [2.24, 2.45) is 0 Å². The molecule has 0 aliphatic heterocycles. The zero-order valence-electron chi connectivity index (χ0n) is 14.4. The standard InChI is InChI=1S/C20H27NO3/c1-16(24-15-18-11-7-4-8-12-18)20(23)19(22)14-21(2)13-17-9-5-3-6-10-17/h3-12,16,19-20,22-23H,13-15H2,1-2H3. The second-order valence-electron chi connectivity index (χ2n) is 6.24. The van der Waals surface area contributed by atoms with Crippen molar-refractivity contribution in [1.82, 2.24) is 4.90 Å². The highest BCUT2D eigenvalue weighted by atomic mass is 16.5. The Balaban J connectivity index is 1.76. The van der Waals surface area contributed by atoms with Gasteiger partial charge in [0.25, 0.3) is 0 Å². The van der Waals surface area contributed by atoms with Crippen molar-refractivity contribution in [3.8, 4) is 0 Å². The van der Waals surface area contributed by atoms with Crippen LogP contribution in [0, 0.1) is 0 Å². The van der Waals surface area contributed by atoms with Gasteiger partial charge < -0.3 is 14.9 Å². The summed E-state index contributed by atoms with van der Waals surface area (Å²) in [5, 5.41) is 20.5. The molecule has 0 spiro atoms. The Labute approximate surface area is 144 Å². The molecule has 0 saturated heterocycles. The largest absolute Gasteiger partial charge is 0.389 e. The zero-order chi connectivity index (χ0) is 17.4. The summed E-state index contributed by atoms with van der Waals surface area (Å²) in [6.07, 6.45) is -2.22. The predicted octanol–water partition coefficient (Wildman–Crippen LogP) is 2.45. The van der Waals surface area contributed by atoms with Gasteiger partial charge >= 0.3 is 0 Å². The molecule has 0 saturated carbocycles. The van der Waals surface area contributed by atoms with Gasteiger partial charge in [0.05, 0.1) is 18.8 Å². The van der Waals surface area contributed by atoms with E-state index in [1.165, 1.54) is 5.56 Å². The Morgan fingerprint density at radius 3 is 2.04 bits per heavy atom. The van der Waals surface area contributed by atoms with Gasteiger partial charge in [0.15, 0.2) is 0 Å². The average Bonchev–Trinajstić information content (AvgIpc) is 2.60. The van der Waals surface area contributed by atoms with E-state index in [0.717, 1.165) is 12.1 Å². The first-order chi connectivity index (χ1) is 11.6. The molecule has 2 aromatic rings. The fraction of sp³-hybridized carbons (Fsp3) is 0.400. The molecule has 3 atom stereocenters. The third kappa shape index (κ3) is 6.06. The maximum atomic E-state index is 10.3. The number of rotatable bonds is 9. The molecule has 2 aromatic carbocycles. The molecule has 4 heteroatoms. The fourth-order valence-corrected chi connectivity index (χ4v) is 2.60. The fourth-order valence-electron chi connectivity index (χ4n) is 2.60. The molecule has 0 fully saturated rings. The lowest BCUT2D eigenvalue weighted by Crippen LogP contribution is -2.43. The number of likely N-dealkylation sites (N-methyl/N-ethyl adjacent to an activating group) is 1. The summed E-state index contributed by atoms with van der Waals surface area (Å²) in [5.41, 5.74) is 2.22. The number of aliphatic hydroxyl groups is 2. The van der Waals surface area contributed by atoms with Crippen molar-refractivity contribution >= 4 is 0 Å². The van der Waals surface area contributed by atoms with E-state index >= 15 is 0 Å². The Hall–Kier alpha value is -1.72. The van der Waals surface area contributed by atoms with Crippen molar-refractivity contribution in [2.45, 2.75) is 38.4 Å². The van der Waals surface area contributed by atoms with Gasteiger partial charge in [-0.3, -0.25) is 4.90 Å². The highest BCUT2D eigenvalue weighted by molar-refractivity contribution is 5.14. The molecule has 0 bridgehead atoms. The lowest BCUT2D eigenvalue weighted by molar-refractivity contribution is -0.0931. The number of hydrogen-bond acceptors (Lipinski definition) is 4. The zero-order valence-corrected chi connectivity index (χ0v) is 14.4. The van der Waals surface area contributed by atoms with E-state index in [1.54, 1.807) is 6.92 Å². The molecule has 0 heterocycles. The first-order valence-electron chi connectivity index (χ1n) is 8.30. The highest BCUT2D eigenvalue weighted by Gasteiger charge is 2.24. The molecule has 3 unspecified atom stereocenters. The third-order valence-corrected chi connectivity index (χ3v) is 4.02. The van der Waals surface area contributed by atoms with Crippen molar-refractivity contribution < 1.29 is 14.9 Å². The average molecular weight is 329 g/mol. The van der Waals surface area contributed by atoms with Crippen molar-refractivity contribution in [2.75, 3.05) is 13.6 Å². The van der Waals surface area contributed by atoms with Crippen LogP contribution < -0.4 is 0 Å². The number of aliphatic hydroxyl groups excluding tert-OH is 2. The lowest BCUT2D eigenvalue weighted by Gasteiger charge is -2.27. The van der Waals surface area contributed by atoms with Crippen LogP contribution in [0.2, 0.25) is 0 Å². The number of hydrogen-bond donors (Lipinski definition) is 2. The monoisotopic (exact) mass is 329 g/mol. The Kier molecular flexibility index (Phi) is 7.40. The first-order valence-corrected chi connectivity index (χ1v) is 8.30. The van der Waals surface area contributed by atoms with Crippen LogP contribution in [-0.2, 0) is 17.9 Å². The van der Waals surface area contributed by atoms with Crippen LogP contribution in [0.15, 0.2) is 60.7 Å². The van der Waals surface area contributed by atoms with Gasteiger partial charge in [-0.2, -0.15) is 0 Å². The Morgan fingerprint density at radius 1 is 0.917 bits per heavy atom. The summed E-state index contributed by atoms with van der Waals surface area (Å²) in [4.78, 5) is 1.99. The van der Waals surface area contributed by atoms with Crippen LogP contribution in [0.25, 0.3) is 0 Å². The summed E-state index contributed by atoms with van der Waals surface area (Å²) in [6, 6.07) is 19.9. The van der Waals surface area contributed by atoms with Gasteiger partial charge in [-0.15, -0.1) is 0 Å². The molecule has 4 nitrogen and oxygen atoms in total. The number of nitrogens with zero attached hydrogens (tertiary/aromatic N) is 1. The molecule has 24 heavy (non-hydrogen) atoms. The van der Waals surface area contributed by atoms with Crippen LogP contribution in [-0.4, -0.2) is 47.0 Å². The minimum atomic E-state index is -0.924. The molecular weight excluding hydrogens is 302 g/mol. The lowest BCUT2D eigenvalue weighted by atomic mass is 10.1. The topological polar surface area (TPSA) is 52.9 Å². The second-order valence-corrected chi connectivity index (χ2v) is 6.24. The van der Waals surface area contributed by atoms with Gasteiger partial charge in [-0.1, -0.05) is 60.7 Å². The van der Waals surface area contributed by atoms with E-state index in [1.807, 2.05) is 72.6 Å². The molecule has 0 aliphatic rings. The second kappa shape index (κ2) is 9.55. The van der Waals surface area contributed by atoms with Crippen molar-refractivity contribution in [3.63, 3.8) is 0 Å². The van der Waals surface area contributed by atoms with Crippen molar-refractivity contribution in [3.05, 3.63) is 71.8 Å². The molecule has 0 radical (unpaired) electrons. The summed E-state index contributed by atoms with van der Waals surface area (Å²) < 4.78 is 5.68. The molecule has 0 amide bonds. The van der Waals surface area contributed by atoms with E-state index in [0.29, 0.717) is 13.2 Å². The first kappa shape index (κ1) is 18.6. The van der Waals surface area contributed by atoms with Gasteiger partial charge in [0, 0.05) is 13.1 Å². The predicted molar refractivity (Wildman–Crippen MR) is 95.5 cm³/mol. The van der Waals surface area contributed by atoms with Gasteiger partial charge in [-0.25, -0.2) is 0 Å². The SMILES string of the molecule is CC(OCc1ccccc1)C(O)C(O)CN(C)Cc1ccccc1. The van der Waals surface area contributed by atoms with Crippen LogP contribution in [0.5, 0.6) is 0 Å². The summed E-state index contributed by atoms with van der Waals surface area (Å²) in [7, 11) is 1.93. The molecule has 2 N–H and O–H groups in total. The summed E-state index contributed by atoms with van der Waals surface area (Å²) in [5.74, 6) is 0. The van der Waals surface area contributed by atoms with Crippen molar-refractivity contribution in [1.29, 1.82) is 0 Å². The normalized spacial score (nSPS) is 15.2. The molecule has 0 aromatic heterocycles. The maximum Gasteiger partial charge on any atom is 0.107 e. The Morgan fingerprint density at radius 2 is 1.46 bits per heavy atom. The van der Waals surface area contributed by atoms with Crippen LogP contribution in [0.3, 0.4) is 0 Å². The summed E-state index contributed by atoms with van der Waals surface area (Å²) in [6.45, 7) is 3.32. The molecule has 0 aliphatic carbocycles. The quantitative estimate of drug-likeness (QED) is 0.742. The number of ether oxygens (including phenoxy) is 1. The highest BCUT2D eigenvalue weighted by Crippen LogP contribution is 2.11. The van der Waals surface area contributed by atoms with Gasteiger partial charge in [0.2, 0.25) is 0 Å². The van der Waals surface area contributed by atoms with E-state index < -0.39 is 18.3 Å². The minimum absolute atomic E-state index is 0.384. The van der Waals surface area contributed by atoms with Crippen LogP contribution in [0.4, 0.5) is 0 Å². The van der Waals surface area contributed by atoms with Crippen LogP contribution >= 0.6 is 0 Å². The summed E-state index contributed by atoms with van der Waals surface area (Å²) >= 11 is 0. The molecule has 130 valence electrons. The maximum absolute atomic E-state index is 10.3. The van der Waals surface area contributed by atoms with E-state index in [-0.39, 0.29) is 0 Å². The molecular formula is C20H27NO3. The molecule has 2 rings (SSSR count). The Bertz CT molecular complexity index is 576. The van der Waals surface area contributed by atoms with E-state index in [2.05, 4.69) is 0 Å². The third-order valence-electron chi connectivity index (χ3n) is 4.02. The van der Waals surface area contributed by atoms with E-state index in [9.17, 15) is 10.2 Å². The minimum Gasteiger partial charge on any atom is -0.389 e. The van der Waals surface area contributed by atoms with E-state index in [4.69, 9.17) is 4.74 Å². The van der Waals surface area contributed by atoms with Crippen LogP contribution in [0.1, 0.15) is 18.1 Å². The van der Waals surface area contributed by atoms with Gasteiger partial charge in [-0.05, 0) is 25.1 Å². The van der Waals surface area contributed by atoms with Gasteiger partial charge in [0.1, 0.15) is 6.10 Å². The smallest absolute Gasteiger partial charge is 0.107 e. The number of benzene rings is 2.